The van der Waals surface area contributed by atoms with Gasteiger partial charge in [-0.2, -0.15) is 0 Å². The largest absolute Gasteiger partial charge is 0.507 e. The summed E-state index contributed by atoms with van der Waals surface area (Å²) in [6, 6.07) is 12.2. The Morgan fingerprint density at radius 3 is 2.62 bits per heavy atom. The Hall–Kier alpha value is -3.28. The molecule has 0 fully saturated rings. The molecule has 0 amide bonds. The van der Waals surface area contributed by atoms with E-state index >= 15 is 0 Å². The first kappa shape index (κ1) is 15.6. The Morgan fingerprint density at radius 1 is 1.12 bits per heavy atom. The molecule has 0 unspecified atom stereocenters. The highest BCUT2D eigenvalue weighted by Gasteiger charge is 2.09. The van der Waals surface area contributed by atoms with E-state index in [0.717, 1.165) is 0 Å². The van der Waals surface area contributed by atoms with Crippen molar-refractivity contribution in [3.8, 4) is 11.5 Å². The molecule has 6 nitrogen and oxygen atoms in total. The maximum Gasteiger partial charge on any atom is 0.274 e. The van der Waals surface area contributed by atoms with Gasteiger partial charge in [0.25, 0.3) is 5.56 Å². The van der Waals surface area contributed by atoms with E-state index in [-0.39, 0.29) is 17.0 Å². The molecule has 1 heterocycles. The van der Waals surface area contributed by atoms with Gasteiger partial charge in [0.1, 0.15) is 11.5 Å². The van der Waals surface area contributed by atoms with Gasteiger partial charge in [0, 0.05) is 11.6 Å². The van der Waals surface area contributed by atoms with Crippen molar-refractivity contribution < 1.29 is 14.6 Å². The van der Waals surface area contributed by atoms with Crippen LogP contribution in [0.1, 0.15) is 11.3 Å². The fourth-order valence-electron chi connectivity index (χ4n) is 2.35. The molecule has 0 aliphatic rings. The summed E-state index contributed by atoms with van der Waals surface area (Å²) in [6.07, 6.45) is 1.33. The molecule has 0 spiro atoms. The highest BCUT2D eigenvalue weighted by atomic mass is 16.5. The van der Waals surface area contributed by atoms with Gasteiger partial charge in [0.05, 0.1) is 25.3 Å². The highest BCUT2D eigenvalue weighted by Crippen LogP contribution is 2.30. The van der Waals surface area contributed by atoms with E-state index in [4.69, 9.17) is 9.47 Å². The number of aliphatic hydroxyl groups is 1. The predicted molar refractivity (Wildman–Crippen MR) is 92.4 cm³/mol. The molecule has 0 saturated heterocycles. The summed E-state index contributed by atoms with van der Waals surface area (Å²) in [5.41, 5.74) is 1.53. The summed E-state index contributed by atoms with van der Waals surface area (Å²) >= 11 is 0. The molecule has 3 rings (SSSR count). The summed E-state index contributed by atoms with van der Waals surface area (Å²) < 4.78 is 10.4. The lowest BCUT2D eigenvalue weighted by atomic mass is 10.1. The number of ether oxygens (including phenoxy) is 2. The van der Waals surface area contributed by atoms with E-state index in [9.17, 15) is 9.90 Å². The van der Waals surface area contributed by atoms with Crippen molar-refractivity contribution >= 4 is 22.9 Å². The highest BCUT2D eigenvalue weighted by molar-refractivity contribution is 5.79. The summed E-state index contributed by atoms with van der Waals surface area (Å²) in [6.45, 7) is 0. The number of nitrogens with zero attached hydrogens (tertiary/aromatic N) is 1. The van der Waals surface area contributed by atoms with Crippen LogP contribution in [0.25, 0.3) is 22.9 Å². The molecule has 1 aromatic heterocycles. The second-order valence-electron chi connectivity index (χ2n) is 5.07. The number of methoxy groups -OCH3 is 2. The van der Waals surface area contributed by atoms with Crippen LogP contribution < -0.4 is 15.0 Å². The van der Waals surface area contributed by atoms with Crippen LogP contribution in [-0.4, -0.2) is 29.3 Å². The molecule has 0 saturated carbocycles. The monoisotopic (exact) mass is 324 g/mol. The number of H-pyrrole nitrogens is 1. The Morgan fingerprint density at radius 2 is 1.88 bits per heavy atom. The molecule has 0 aliphatic heterocycles. The van der Waals surface area contributed by atoms with Crippen LogP contribution >= 0.6 is 0 Å². The Bertz CT molecular complexity index is 976. The van der Waals surface area contributed by atoms with E-state index in [2.05, 4.69) is 9.97 Å². The number of aliphatic hydroxyl groups excluding tert-OH is 1. The third-order valence-electron chi connectivity index (χ3n) is 3.58. The topological polar surface area (TPSA) is 84.4 Å². The molecule has 0 bridgehead atoms. The lowest BCUT2D eigenvalue weighted by molar-refractivity contribution is 0.354. The minimum atomic E-state index is -0.374. The first-order valence-electron chi connectivity index (χ1n) is 7.24. The Labute approximate surface area is 138 Å². The van der Waals surface area contributed by atoms with Gasteiger partial charge in [-0.05, 0) is 30.3 Å². The number of benzene rings is 2. The summed E-state index contributed by atoms with van der Waals surface area (Å²) in [5, 5.41) is 10.3. The average molecular weight is 324 g/mol. The minimum Gasteiger partial charge on any atom is -0.507 e. The quantitative estimate of drug-likeness (QED) is 0.721. The van der Waals surface area contributed by atoms with Crippen molar-refractivity contribution in [1.29, 1.82) is 0 Å². The lowest BCUT2D eigenvalue weighted by Gasteiger charge is -2.09. The molecular formula is C18H16N2O4. The maximum atomic E-state index is 12.1. The van der Waals surface area contributed by atoms with Gasteiger partial charge < -0.3 is 19.6 Å². The van der Waals surface area contributed by atoms with Gasteiger partial charge in [0.2, 0.25) is 0 Å². The third kappa shape index (κ3) is 2.94. The number of hydrogen-bond acceptors (Lipinski definition) is 5. The fraction of sp³-hybridized carbons (Fsp3) is 0.111. The molecule has 0 atom stereocenters. The molecule has 0 aliphatic carbocycles. The number of para-hydroxylation sites is 2. The van der Waals surface area contributed by atoms with Gasteiger partial charge in [-0.3, -0.25) is 4.79 Å². The number of nitrogens with one attached hydrogen (secondary N) is 1. The van der Waals surface area contributed by atoms with Crippen molar-refractivity contribution in [2.75, 3.05) is 14.2 Å². The van der Waals surface area contributed by atoms with Crippen LogP contribution in [0.5, 0.6) is 11.5 Å². The Kier molecular flexibility index (Phi) is 4.20. The second-order valence-corrected chi connectivity index (χ2v) is 5.07. The molecule has 3 aromatic rings. The number of rotatable bonds is 4. The summed E-state index contributed by atoms with van der Waals surface area (Å²) in [7, 11) is 3.05. The van der Waals surface area contributed by atoms with E-state index in [1.54, 1.807) is 30.3 Å². The van der Waals surface area contributed by atoms with Crippen molar-refractivity contribution in [3.05, 3.63) is 64.1 Å². The average Bonchev–Trinajstić information content (AvgIpc) is 2.61. The first-order valence-corrected chi connectivity index (χ1v) is 7.24. The summed E-state index contributed by atoms with van der Waals surface area (Å²) in [4.78, 5) is 19.1. The van der Waals surface area contributed by atoms with Crippen LogP contribution in [0.3, 0.4) is 0 Å². The zero-order valence-corrected chi connectivity index (χ0v) is 13.2. The molecule has 2 aromatic carbocycles. The summed E-state index contributed by atoms with van der Waals surface area (Å²) in [5.74, 6) is 0.940. The van der Waals surface area contributed by atoms with Crippen LogP contribution in [-0.2, 0) is 0 Å². The molecule has 6 heteroatoms. The number of aromatic amines is 1. The fourth-order valence-corrected chi connectivity index (χ4v) is 2.35. The minimum absolute atomic E-state index is 0.0933. The van der Waals surface area contributed by atoms with Gasteiger partial charge in [-0.1, -0.05) is 12.1 Å². The lowest BCUT2D eigenvalue weighted by Crippen LogP contribution is -2.12. The number of hydrogen-bond donors (Lipinski definition) is 2. The zero-order chi connectivity index (χ0) is 17.1. The van der Waals surface area contributed by atoms with E-state index in [1.165, 1.54) is 20.3 Å². The van der Waals surface area contributed by atoms with E-state index < -0.39 is 0 Å². The van der Waals surface area contributed by atoms with Crippen LogP contribution in [0, 0.1) is 0 Å². The van der Waals surface area contributed by atoms with Crippen LogP contribution in [0.15, 0.2) is 47.3 Å². The number of aromatic nitrogens is 2. The van der Waals surface area contributed by atoms with Crippen LogP contribution in [0.4, 0.5) is 0 Å². The van der Waals surface area contributed by atoms with Crippen molar-refractivity contribution in [2.45, 2.75) is 0 Å². The maximum absolute atomic E-state index is 12.1. The SMILES string of the molecule is COc1ccc(C(O)=Cc2nc3ccccc3[nH]c2=O)cc1OC. The Balaban J connectivity index is 2.05. The number of fused-ring (bicyclic) bond motifs is 1. The molecule has 122 valence electrons. The standard InChI is InChI=1S/C18H16N2O4/c1-23-16-8-7-11(9-17(16)24-2)15(21)10-14-18(22)20-13-6-4-3-5-12(13)19-14/h3-10,21H,1-2H3,(H,20,22). The molecular weight excluding hydrogens is 308 g/mol. The third-order valence-corrected chi connectivity index (χ3v) is 3.58. The molecule has 24 heavy (non-hydrogen) atoms. The second kappa shape index (κ2) is 6.45. The molecule has 2 N–H and O–H groups in total. The van der Waals surface area contributed by atoms with Gasteiger partial charge in [-0.25, -0.2) is 4.98 Å². The van der Waals surface area contributed by atoms with E-state index in [1.807, 2.05) is 12.1 Å². The van der Waals surface area contributed by atoms with Crippen molar-refractivity contribution in [2.24, 2.45) is 0 Å². The predicted octanol–water partition coefficient (Wildman–Crippen LogP) is 3.00. The van der Waals surface area contributed by atoms with Crippen molar-refractivity contribution in [3.63, 3.8) is 0 Å². The molecule has 0 radical (unpaired) electrons. The van der Waals surface area contributed by atoms with Gasteiger partial charge in [-0.15, -0.1) is 0 Å². The van der Waals surface area contributed by atoms with Crippen molar-refractivity contribution in [1.82, 2.24) is 9.97 Å². The smallest absolute Gasteiger partial charge is 0.274 e. The van der Waals surface area contributed by atoms with Crippen LogP contribution in [0.2, 0.25) is 0 Å². The van der Waals surface area contributed by atoms with Gasteiger partial charge in [0.15, 0.2) is 11.5 Å². The first-order chi connectivity index (χ1) is 11.6. The zero-order valence-electron chi connectivity index (χ0n) is 13.2. The van der Waals surface area contributed by atoms with Gasteiger partial charge >= 0.3 is 0 Å². The normalized spacial score (nSPS) is 11.5. The van der Waals surface area contributed by atoms with E-state index in [0.29, 0.717) is 28.1 Å².